The molecule has 7 heteroatoms. The molecule has 0 unspecified atom stereocenters. The zero-order chi connectivity index (χ0) is 15.7. The number of benzene rings is 1. The SMILES string of the molecule is CS(=O)(=O)N1CCC[C@@H]1C(=O)Nc1ccc2ccccc2n1. The van der Waals surface area contributed by atoms with Crippen LogP contribution in [-0.2, 0) is 14.8 Å². The zero-order valence-electron chi connectivity index (χ0n) is 12.2. The lowest BCUT2D eigenvalue weighted by Crippen LogP contribution is -2.42. The second-order valence-electron chi connectivity index (χ2n) is 5.41. The highest BCUT2D eigenvalue weighted by atomic mass is 32.2. The van der Waals surface area contributed by atoms with Crippen molar-refractivity contribution in [3.63, 3.8) is 0 Å². The molecule has 1 aromatic heterocycles. The third kappa shape index (κ3) is 2.95. The summed E-state index contributed by atoms with van der Waals surface area (Å²) in [5.74, 6) is 0.106. The molecule has 6 nitrogen and oxygen atoms in total. The van der Waals surface area contributed by atoms with E-state index < -0.39 is 16.1 Å². The van der Waals surface area contributed by atoms with Crippen LogP contribution in [-0.4, -0.2) is 42.5 Å². The number of anilines is 1. The summed E-state index contributed by atoms with van der Waals surface area (Å²) in [5, 5.41) is 3.71. The molecule has 1 aliphatic heterocycles. The molecule has 0 spiro atoms. The van der Waals surface area contributed by atoms with Crippen molar-refractivity contribution in [2.45, 2.75) is 18.9 Å². The van der Waals surface area contributed by atoms with Gasteiger partial charge < -0.3 is 5.32 Å². The summed E-state index contributed by atoms with van der Waals surface area (Å²) in [4.78, 5) is 16.7. The van der Waals surface area contributed by atoms with E-state index in [1.807, 2.05) is 30.3 Å². The van der Waals surface area contributed by atoms with E-state index in [1.165, 1.54) is 4.31 Å². The van der Waals surface area contributed by atoms with E-state index >= 15 is 0 Å². The first-order valence-corrected chi connectivity index (χ1v) is 8.93. The molecule has 3 rings (SSSR count). The maximum atomic E-state index is 12.4. The standard InChI is InChI=1S/C15H17N3O3S/c1-22(20,21)18-10-4-7-13(18)15(19)17-14-9-8-11-5-2-3-6-12(11)16-14/h2-3,5-6,8-9,13H,4,7,10H2,1H3,(H,16,17,19)/t13-/m1/s1. The van der Waals surface area contributed by atoms with Crippen molar-refractivity contribution in [2.75, 3.05) is 18.1 Å². The molecule has 1 atom stereocenters. The van der Waals surface area contributed by atoms with Crippen molar-refractivity contribution >= 4 is 32.7 Å². The highest BCUT2D eigenvalue weighted by Gasteiger charge is 2.36. The Labute approximate surface area is 129 Å². The molecule has 1 aliphatic rings. The fourth-order valence-corrected chi connectivity index (χ4v) is 3.87. The van der Waals surface area contributed by atoms with Crippen molar-refractivity contribution in [1.29, 1.82) is 0 Å². The van der Waals surface area contributed by atoms with Gasteiger partial charge in [-0.1, -0.05) is 18.2 Å². The fourth-order valence-electron chi connectivity index (χ4n) is 2.74. The van der Waals surface area contributed by atoms with Gasteiger partial charge in [-0.3, -0.25) is 4.79 Å². The predicted octanol–water partition coefficient (Wildman–Crippen LogP) is 1.60. The minimum absolute atomic E-state index is 0.328. The lowest BCUT2D eigenvalue weighted by Gasteiger charge is -2.21. The van der Waals surface area contributed by atoms with Gasteiger partial charge in [0.05, 0.1) is 11.8 Å². The Hall–Kier alpha value is -1.99. The third-order valence-corrected chi connectivity index (χ3v) is 5.07. The van der Waals surface area contributed by atoms with E-state index in [4.69, 9.17) is 0 Å². The molecule has 0 saturated carbocycles. The maximum Gasteiger partial charge on any atom is 0.243 e. The molecule has 0 bridgehead atoms. The normalized spacial score (nSPS) is 19.4. The Bertz CT molecular complexity index is 820. The van der Waals surface area contributed by atoms with Crippen LogP contribution in [0.5, 0.6) is 0 Å². The molecule has 0 aliphatic carbocycles. The number of para-hydroxylation sites is 1. The molecule has 2 heterocycles. The van der Waals surface area contributed by atoms with Crippen molar-refractivity contribution in [3.8, 4) is 0 Å². The van der Waals surface area contributed by atoms with Crippen LogP contribution in [0.1, 0.15) is 12.8 Å². The predicted molar refractivity (Wildman–Crippen MR) is 84.9 cm³/mol. The van der Waals surface area contributed by atoms with Gasteiger partial charge in [-0.25, -0.2) is 13.4 Å². The first kappa shape index (κ1) is 14.9. The van der Waals surface area contributed by atoms with E-state index in [0.717, 1.165) is 17.2 Å². The summed E-state index contributed by atoms with van der Waals surface area (Å²) < 4.78 is 24.7. The van der Waals surface area contributed by atoms with E-state index in [-0.39, 0.29) is 5.91 Å². The van der Waals surface area contributed by atoms with Gasteiger partial charge in [-0.15, -0.1) is 0 Å². The highest BCUT2D eigenvalue weighted by Crippen LogP contribution is 2.22. The van der Waals surface area contributed by atoms with Crippen molar-refractivity contribution in [2.24, 2.45) is 0 Å². The first-order valence-electron chi connectivity index (χ1n) is 7.08. The number of nitrogens with one attached hydrogen (secondary N) is 1. The van der Waals surface area contributed by atoms with Gasteiger partial charge >= 0.3 is 0 Å². The average Bonchev–Trinajstić information content (AvgIpc) is 2.97. The Kier molecular flexibility index (Phi) is 3.84. The van der Waals surface area contributed by atoms with Crippen molar-refractivity contribution in [1.82, 2.24) is 9.29 Å². The summed E-state index contributed by atoms with van der Waals surface area (Å²) >= 11 is 0. The van der Waals surface area contributed by atoms with E-state index in [1.54, 1.807) is 6.07 Å². The second kappa shape index (κ2) is 5.66. The quantitative estimate of drug-likeness (QED) is 0.932. The average molecular weight is 319 g/mol. The molecule has 1 N–H and O–H groups in total. The Balaban J connectivity index is 1.80. The van der Waals surface area contributed by atoms with E-state index in [0.29, 0.717) is 25.2 Å². The van der Waals surface area contributed by atoms with Crippen LogP contribution in [0.15, 0.2) is 36.4 Å². The number of sulfonamides is 1. The molecule has 1 aromatic carbocycles. The van der Waals surface area contributed by atoms with Crippen LogP contribution in [0, 0.1) is 0 Å². The number of carbonyl (C=O) groups is 1. The molecular weight excluding hydrogens is 302 g/mol. The number of carbonyl (C=O) groups excluding carboxylic acids is 1. The van der Waals surface area contributed by atoms with E-state index in [9.17, 15) is 13.2 Å². The summed E-state index contributed by atoms with van der Waals surface area (Å²) in [6, 6.07) is 10.6. The molecule has 2 aromatic rings. The molecule has 0 radical (unpaired) electrons. The second-order valence-corrected chi connectivity index (χ2v) is 7.35. The number of amides is 1. The topological polar surface area (TPSA) is 79.4 Å². The van der Waals surface area contributed by atoms with Crippen LogP contribution < -0.4 is 5.32 Å². The lowest BCUT2D eigenvalue weighted by atomic mass is 10.2. The van der Waals surface area contributed by atoms with Gasteiger partial charge in [-0.05, 0) is 31.0 Å². The zero-order valence-corrected chi connectivity index (χ0v) is 13.0. The van der Waals surface area contributed by atoms with Gasteiger partial charge in [-0.2, -0.15) is 4.31 Å². The molecule has 1 fully saturated rings. The number of hydrogen-bond acceptors (Lipinski definition) is 4. The number of nitrogens with zero attached hydrogens (tertiary/aromatic N) is 2. The van der Waals surface area contributed by atoms with E-state index in [2.05, 4.69) is 10.3 Å². The van der Waals surface area contributed by atoms with Crippen LogP contribution in [0.3, 0.4) is 0 Å². The number of fused-ring (bicyclic) bond motifs is 1. The molecule has 1 amide bonds. The fraction of sp³-hybridized carbons (Fsp3) is 0.333. The van der Waals surface area contributed by atoms with Crippen LogP contribution in [0.4, 0.5) is 5.82 Å². The Morgan fingerprint density at radius 3 is 2.82 bits per heavy atom. The molecule has 1 saturated heterocycles. The number of aromatic nitrogens is 1. The molecule has 22 heavy (non-hydrogen) atoms. The van der Waals surface area contributed by atoms with Gasteiger partial charge in [0.25, 0.3) is 0 Å². The Morgan fingerprint density at radius 1 is 1.27 bits per heavy atom. The molecular formula is C15H17N3O3S. The highest BCUT2D eigenvalue weighted by molar-refractivity contribution is 7.88. The van der Waals surface area contributed by atoms with Gasteiger partial charge in [0.2, 0.25) is 15.9 Å². The minimum Gasteiger partial charge on any atom is -0.309 e. The largest absolute Gasteiger partial charge is 0.309 e. The summed E-state index contributed by atoms with van der Waals surface area (Å²) in [7, 11) is -3.37. The van der Waals surface area contributed by atoms with Crippen LogP contribution in [0.25, 0.3) is 10.9 Å². The van der Waals surface area contributed by atoms with Gasteiger partial charge in [0.15, 0.2) is 0 Å². The summed E-state index contributed by atoms with van der Waals surface area (Å²) in [5.41, 5.74) is 0.784. The van der Waals surface area contributed by atoms with Crippen LogP contribution >= 0.6 is 0 Å². The van der Waals surface area contributed by atoms with Gasteiger partial charge in [0, 0.05) is 11.9 Å². The van der Waals surface area contributed by atoms with Crippen molar-refractivity contribution in [3.05, 3.63) is 36.4 Å². The smallest absolute Gasteiger partial charge is 0.243 e. The lowest BCUT2D eigenvalue weighted by molar-refractivity contribution is -0.119. The van der Waals surface area contributed by atoms with Crippen molar-refractivity contribution < 1.29 is 13.2 Å². The number of rotatable bonds is 3. The Morgan fingerprint density at radius 2 is 2.05 bits per heavy atom. The van der Waals surface area contributed by atoms with Gasteiger partial charge in [0.1, 0.15) is 11.9 Å². The van der Waals surface area contributed by atoms with Crippen LogP contribution in [0.2, 0.25) is 0 Å². The monoisotopic (exact) mass is 319 g/mol. The number of pyridine rings is 1. The summed E-state index contributed by atoms with van der Waals surface area (Å²) in [6.07, 6.45) is 2.36. The first-order chi connectivity index (χ1) is 10.4. The third-order valence-electron chi connectivity index (χ3n) is 3.78. The summed E-state index contributed by atoms with van der Waals surface area (Å²) in [6.45, 7) is 0.391. The minimum atomic E-state index is -3.37. The maximum absolute atomic E-state index is 12.4. The molecule has 116 valence electrons. The number of hydrogen-bond donors (Lipinski definition) is 1.